The van der Waals surface area contributed by atoms with Gasteiger partial charge in [0.2, 0.25) is 0 Å². The molecule has 104 valence electrons. The Morgan fingerprint density at radius 2 is 2.26 bits per heavy atom. The number of nitriles is 1. The Kier molecular flexibility index (Phi) is 3.41. The summed E-state index contributed by atoms with van der Waals surface area (Å²) in [5.41, 5.74) is 6.18. The van der Waals surface area contributed by atoms with Crippen LogP contribution < -0.4 is 11.1 Å². The summed E-state index contributed by atoms with van der Waals surface area (Å²) in [6, 6.07) is 1.85. The first-order valence-electron chi connectivity index (χ1n) is 6.09. The van der Waals surface area contributed by atoms with Gasteiger partial charge in [0.25, 0.3) is 0 Å². The summed E-state index contributed by atoms with van der Waals surface area (Å²) in [5.74, 6) is 0.823. The van der Waals surface area contributed by atoms with Crippen molar-refractivity contribution >= 4 is 21.5 Å². The molecule has 0 saturated carbocycles. The molecule has 0 bridgehead atoms. The Labute approximate surface area is 112 Å². The molecule has 1 aliphatic heterocycles. The van der Waals surface area contributed by atoms with Gasteiger partial charge in [-0.05, 0) is 20.3 Å². The Balaban J connectivity index is 2.38. The molecule has 1 aromatic rings. The number of nitrogens with zero attached hydrogens (tertiary/aromatic N) is 3. The molecule has 2 heterocycles. The number of nitrogen functional groups attached to an aromatic ring is 1. The molecular weight excluding hydrogens is 266 g/mol. The number of hydrogen-bond donors (Lipinski definition) is 2. The molecule has 2 rings (SSSR count). The van der Waals surface area contributed by atoms with Crippen LogP contribution in [0.15, 0.2) is 0 Å². The van der Waals surface area contributed by atoms with Crippen molar-refractivity contribution in [3.05, 3.63) is 5.56 Å². The number of rotatable bonds is 3. The molecule has 0 amide bonds. The molecule has 0 aromatic carbocycles. The fourth-order valence-corrected chi connectivity index (χ4v) is 3.87. The topological polar surface area (TPSA) is 114 Å². The van der Waals surface area contributed by atoms with Gasteiger partial charge in [-0.15, -0.1) is 0 Å². The van der Waals surface area contributed by atoms with Gasteiger partial charge in [0.05, 0.1) is 17.5 Å². The second-order valence-electron chi connectivity index (χ2n) is 5.02. The van der Waals surface area contributed by atoms with E-state index >= 15 is 0 Å². The Morgan fingerprint density at radius 1 is 1.58 bits per heavy atom. The number of nitrogens with one attached hydrogen (secondary N) is 1. The zero-order chi connectivity index (χ0) is 14.2. The lowest BCUT2D eigenvalue weighted by molar-refractivity contribution is 0.507. The van der Waals surface area contributed by atoms with E-state index < -0.39 is 9.84 Å². The summed E-state index contributed by atoms with van der Waals surface area (Å²) in [6.45, 7) is 3.85. The fourth-order valence-electron chi connectivity index (χ4n) is 2.18. The van der Waals surface area contributed by atoms with E-state index in [-0.39, 0.29) is 35.0 Å². The maximum Gasteiger partial charge on any atom is 0.168 e. The van der Waals surface area contributed by atoms with Crippen molar-refractivity contribution in [2.45, 2.75) is 32.4 Å². The molecule has 8 heteroatoms. The van der Waals surface area contributed by atoms with E-state index in [0.717, 1.165) is 0 Å². The second-order valence-corrected chi connectivity index (χ2v) is 7.25. The average molecular weight is 283 g/mol. The van der Waals surface area contributed by atoms with E-state index in [2.05, 4.69) is 10.4 Å². The number of anilines is 2. The molecule has 3 N–H and O–H groups in total. The smallest absolute Gasteiger partial charge is 0.168 e. The number of sulfone groups is 1. The summed E-state index contributed by atoms with van der Waals surface area (Å²) in [5, 5.41) is 16.4. The van der Waals surface area contributed by atoms with Gasteiger partial charge in [0, 0.05) is 6.04 Å². The first-order valence-corrected chi connectivity index (χ1v) is 7.91. The van der Waals surface area contributed by atoms with E-state index in [0.29, 0.717) is 12.2 Å². The molecule has 1 aromatic heterocycles. The van der Waals surface area contributed by atoms with Crippen molar-refractivity contribution in [2.75, 3.05) is 22.6 Å². The lowest BCUT2D eigenvalue weighted by Crippen LogP contribution is -2.15. The summed E-state index contributed by atoms with van der Waals surface area (Å²) in [6.07, 6.45) is 0.486. The van der Waals surface area contributed by atoms with Crippen LogP contribution in [0.5, 0.6) is 0 Å². The standard InChI is InChI=1S/C11H17N5O2S/c1-7(2)14-11-9(5-12)10(13)16(15-11)8-3-4-19(17,18)6-8/h7-8H,3-4,6,13H2,1-2H3,(H,14,15). The number of hydrogen-bond acceptors (Lipinski definition) is 6. The van der Waals surface area contributed by atoms with Crippen molar-refractivity contribution < 1.29 is 8.42 Å². The highest BCUT2D eigenvalue weighted by atomic mass is 32.2. The van der Waals surface area contributed by atoms with Crippen LogP contribution in [-0.4, -0.2) is 35.7 Å². The largest absolute Gasteiger partial charge is 0.383 e. The van der Waals surface area contributed by atoms with Crippen LogP contribution in [0, 0.1) is 11.3 Å². The highest BCUT2D eigenvalue weighted by Gasteiger charge is 2.32. The predicted molar refractivity (Wildman–Crippen MR) is 72.4 cm³/mol. The quantitative estimate of drug-likeness (QED) is 0.835. The lowest BCUT2D eigenvalue weighted by atomic mass is 10.2. The van der Waals surface area contributed by atoms with Gasteiger partial charge in [0.1, 0.15) is 17.5 Å². The molecule has 1 saturated heterocycles. The highest BCUT2D eigenvalue weighted by Crippen LogP contribution is 2.30. The fraction of sp³-hybridized carbons (Fsp3) is 0.636. The third kappa shape index (κ3) is 2.66. The van der Waals surface area contributed by atoms with Gasteiger partial charge < -0.3 is 11.1 Å². The summed E-state index contributed by atoms with van der Waals surface area (Å²) in [4.78, 5) is 0. The zero-order valence-corrected chi connectivity index (χ0v) is 11.7. The molecule has 19 heavy (non-hydrogen) atoms. The molecule has 1 atom stereocenters. The van der Waals surface area contributed by atoms with Gasteiger partial charge >= 0.3 is 0 Å². The van der Waals surface area contributed by atoms with Crippen LogP contribution in [0.3, 0.4) is 0 Å². The van der Waals surface area contributed by atoms with Crippen molar-refractivity contribution in [3.63, 3.8) is 0 Å². The lowest BCUT2D eigenvalue weighted by Gasteiger charge is -2.10. The van der Waals surface area contributed by atoms with Crippen molar-refractivity contribution in [2.24, 2.45) is 0 Å². The Bertz CT molecular complexity index is 626. The van der Waals surface area contributed by atoms with Crippen molar-refractivity contribution in [1.29, 1.82) is 5.26 Å². The van der Waals surface area contributed by atoms with Crippen LogP contribution in [0.1, 0.15) is 31.9 Å². The minimum atomic E-state index is -3.01. The first-order chi connectivity index (χ1) is 8.84. The number of nitrogens with two attached hydrogens (primary N) is 1. The van der Waals surface area contributed by atoms with Crippen LogP contribution >= 0.6 is 0 Å². The third-order valence-corrected chi connectivity index (χ3v) is 4.79. The molecule has 1 aliphatic rings. The van der Waals surface area contributed by atoms with Gasteiger partial charge in [-0.25, -0.2) is 13.1 Å². The van der Waals surface area contributed by atoms with Crippen molar-refractivity contribution in [1.82, 2.24) is 9.78 Å². The molecule has 7 nitrogen and oxygen atoms in total. The van der Waals surface area contributed by atoms with Gasteiger partial charge in [-0.1, -0.05) is 0 Å². The highest BCUT2D eigenvalue weighted by molar-refractivity contribution is 7.91. The molecule has 0 aliphatic carbocycles. The average Bonchev–Trinajstić information content (AvgIpc) is 2.79. The van der Waals surface area contributed by atoms with E-state index in [4.69, 9.17) is 11.0 Å². The first kappa shape index (κ1) is 13.7. The van der Waals surface area contributed by atoms with Gasteiger partial charge in [-0.3, -0.25) is 0 Å². The van der Waals surface area contributed by atoms with Crippen LogP contribution in [0.2, 0.25) is 0 Å². The SMILES string of the molecule is CC(C)Nc1nn(C2CCS(=O)(=O)C2)c(N)c1C#N. The monoisotopic (exact) mass is 283 g/mol. The maximum atomic E-state index is 11.5. The van der Waals surface area contributed by atoms with Crippen molar-refractivity contribution in [3.8, 4) is 6.07 Å². The molecule has 0 radical (unpaired) electrons. The predicted octanol–water partition coefficient (Wildman–Crippen LogP) is 0.517. The third-order valence-electron chi connectivity index (χ3n) is 3.04. The van der Waals surface area contributed by atoms with Crippen LogP contribution in [-0.2, 0) is 9.84 Å². The Morgan fingerprint density at radius 3 is 2.74 bits per heavy atom. The van der Waals surface area contributed by atoms with Gasteiger partial charge in [0.15, 0.2) is 15.7 Å². The van der Waals surface area contributed by atoms with E-state index in [9.17, 15) is 8.42 Å². The van der Waals surface area contributed by atoms with Crippen LogP contribution in [0.25, 0.3) is 0 Å². The minimum Gasteiger partial charge on any atom is -0.383 e. The van der Waals surface area contributed by atoms with E-state index in [1.807, 2.05) is 19.9 Å². The van der Waals surface area contributed by atoms with E-state index in [1.165, 1.54) is 4.68 Å². The summed E-state index contributed by atoms with van der Waals surface area (Å²) in [7, 11) is -3.01. The molecule has 1 unspecified atom stereocenters. The molecule has 0 spiro atoms. The zero-order valence-electron chi connectivity index (χ0n) is 10.9. The normalized spacial score (nSPS) is 21.5. The minimum absolute atomic E-state index is 0.0326. The summed E-state index contributed by atoms with van der Waals surface area (Å²) < 4.78 is 24.5. The molecular formula is C11H17N5O2S. The summed E-state index contributed by atoms with van der Waals surface area (Å²) >= 11 is 0. The maximum absolute atomic E-state index is 11.5. The van der Waals surface area contributed by atoms with E-state index in [1.54, 1.807) is 0 Å². The number of aromatic nitrogens is 2. The second kappa shape index (κ2) is 4.74. The Hall–Kier alpha value is -1.75. The molecule has 1 fully saturated rings. The van der Waals surface area contributed by atoms with Gasteiger partial charge in [-0.2, -0.15) is 10.4 Å². The van der Waals surface area contributed by atoms with Crippen LogP contribution in [0.4, 0.5) is 11.6 Å².